The molecule has 0 saturated carbocycles. The quantitative estimate of drug-likeness (QED) is 0.660. The first-order chi connectivity index (χ1) is 11.9. The van der Waals surface area contributed by atoms with Crippen molar-refractivity contribution in [1.29, 1.82) is 0 Å². The van der Waals surface area contributed by atoms with Gasteiger partial charge < -0.3 is 0 Å². The Labute approximate surface area is 160 Å². The normalized spacial score (nSPS) is 14.6. The summed E-state index contributed by atoms with van der Waals surface area (Å²) in [5, 5.41) is 0.829. The van der Waals surface area contributed by atoms with Crippen LogP contribution in [0.5, 0.6) is 0 Å². The highest BCUT2D eigenvalue weighted by atomic mass is 35.5. The average Bonchev–Trinajstić information content (AvgIpc) is 2.79. The Kier molecular flexibility index (Phi) is 5.23. The molecule has 128 valence electrons. The average molecular weight is 392 g/mol. The molecule has 0 saturated heterocycles. The van der Waals surface area contributed by atoms with Crippen molar-refractivity contribution in [3.8, 4) is 0 Å². The van der Waals surface area contributed by atoms with Crippen LogP contribution in [-0.4, -0.2) is 17.6 Å². The fourth-order valence-electron chi connectivity index (χ4n) is 2.72. The van der Waals surface area contributed by atoms with Gasteiger partial charge in [-0.1, -0.05) is 48.3 Å². The summed E-state index contributed by atoms with van der Waals surface area (Å²) in [7, 11) is 0. The van der Waals surface area contributed by atoms with E-state index >= 15 is 0 Å². The molecule has 1 aliphatic rings. The number of carbonyl (C=O) groups excluding carboxylic acids is 2. The molecule has 1 heterocycles. The fraction of sp³-hybridized carbons (Fsp3) is 0.158. The van der Waals surface area contributed by atoms with Crippen molar-refractivity contribution in [1.82, 2.24) is 0 Å². The van der Waals surface area contributed by atoms with Gasteiger partial charge in [-0.05, 0) is 42.5 Å². The summed E-state index contributed by atoms with van der Waals surface area (Å²) in [6.07, 6.45) is 0. The molecule has 6 heteroatoms. The number of nitrogens with zero attached hydrogens (tertiary/aromatic N) is 1. The Morgan fingerprint density at radius 2 is 1.80 bits per heavy atom. The minimum absolute atomic E-state index is 0.316. The molecule has 2 amide bonds. The minimum atomic E-state index is -0.365. The third-order valence-corrected chi connectivity index (χ3v) is 5.29. The molecule has 0 aliphatic carbocycles. The Bertz CT molecular complexity index is 908. The number of hydrogen-bond donors (Lipinski definition) is 0. The molecule has 3 nitrogen and oxygen atoms in total. The molecule has 2 aromatic rings. The second kappa shape index (κ2) is 7.24. The Balaban J connectivity index is 2.14. The van der Waals surface area contributed by atoms with Crippen molar-refractivity contribution in [3.63, 3.8) is 0 Å². The van der Waals surface area contributed by atoms with Crippen molar-refractivity contribution in [3.05, 3.63) is 68.5 Å². The molecule has 25 heavy (non-hydrogen) atoms. The summed E-state index contributed by atoms with van der Waals surface area (Å²) in [5.74, 6) is -0.00991. The van der Waals surface area contributed by atoms with Gasteiger partial charge in [-0.3, -0.25) is 9.59 Å². The summed E-state index contributed by atoms with van der Waals surface area (Å²) in [4.78, 5) is 27.7. The van der Waals surface area contributed by atoms with Gasteiger partial charge in [-0.15, -0.1) is 11.8 Å². The second-order valence-corrected chi connectivity index (χ2v) is 7.66. The molecule has 0 atom stereocenters. The molecule has 0 unspecified atom stereocenters. The number of aryl methyl sites for hydroxylation is 1. The van der Waals surface area contributed by atoms with Crippen molar-refractivity contribution < 1.29 is 9.59 Å². The maximum Gasteiger partial charge on any atom is 0.272 e. The highest BCUT2D eigenvalue weighted by molar-refractivity contribution is 8.04. The molecule has 0 N–H and O–H groups in total. The molecular weight excluding hydrogens is 377 g/mol. The van der Waals surface area contributed by atoms with Gasteiger partial charge in [-0.2, -0.15) is 0 Å². The van der Waals surface area contributed by atoms with Gasteiger partial charge in [-0.25, -0.2) is 4.90 Å². The van der Waals surface area contributed by atoms with Gasteiger partial charge in [0, 0.05) is 10.6 Å². The lowest BCUT2D eigenvalue weighted by molar-refractivity contribution is -0.119. The summed E-state index contributed by atoms with van der Waals surface area (Å²) in [5.41, 5.74) is 2.39. The Morgan fingerprint density at radius 1 is 1.04 bits per heavy atom. The van der Waals surface area contributed by atoms with Crippen LogP contribution < -0.4 is 4.90 Å². The van der Waals surface area contributed by atoms with Gasteiger partial charge in [0.1, 0.15) is 0 Å². The van der Waals surface area contributed by atoms with Gasteiger partial charge in [0.15, 0.2) is 0 Å². The lowest BCUT2D eigenvalue weighted by atomic mass is 10.1. The first kappa shape index (κ1) is 18.1. The lowest BCUT2D eigenvalue weighted by Gasteiger charge is -2.16. The maximum atomic E-state index is 13.1. The van der Waals surface area contributed by atoms with Crippen LogP contribution in [0.4, 0.5) is 5.69 Å². The van der Waals surface area contributed by atoms with Crippen LogP contribution in [0.2, 0.25) is 10.0 Å². The molecule has 0 radical (unpaired) electrons. The van der Waals surface area contributed by atoms with Gasteiger partial charge in [0.25, 0.3) is 11.8 Å². The monoisotopic (exact) mass is 391 g/mol. The van der Waals surface area contributed by atoms with Crippen LogP contribution in [-0.2, 0) is 9.59 Å². The third-order valence-electron chi connectivity index (χ3n) is 3.79. The molecule has 0 aromatic heterocycles. The van der Waals surface area contributed by atoms with Crippen LogP contribution in [0.3, 0.4) is 0 Å². The van der Waals surface area contributed by atoms with Crippen LogP contribution in [0.25, 0.3) is 5.57 Å². The van der Waals surface area contributed by atoms with Gasteiger partial charge in [0.05, 0.1) is 21.2 Å². The zero-order chi connectivity index (χ0) is 18.1. The first-order valence-electron chi connectivity index (χ1n) is 7.72. The summed E-state index contributed by atoms with van der Waals surface area (Å²) in [6.45, 7) is 3.85. The highest BCUT2D eigenvalue weighted by Crippen LogP contribution is 2.40. The van der Waals surface area contributed by atoms with Gasteiger partial charge in [0.2, 0.25) is 0 Å². The zero-order valence-electron chi connectivity index (χ0n) is 13.7. The maximum absolute atomic E-state index is 13.1. The predicted molar refractivity (Wildman–Crippen MR) is 105 cm³/mol. The summed E-state index contributed by atoms with van der Waals surface area (Å²) in [6, 6.07) is 12.2. The van der Waals surface area contributed by atoms with Crippen molar-refractivity contribution in [2.75, 3.05) is 10.7 Å². The topological polar surface area (TPSA) is 37.4 Å². The Morgan fingerprint density at radius 3 is 2.44 bits per heavy atom. The fourth-order valence-corrected chi connectivity index (χ4v) is 4.07. The molecule has 3 rings (SSSR count). The number of anilines is 1. The first-order valence-corrected chi connectivity index (χ1v) is 9.46. The number of carbonyl (C=O) groups is 2. The molecular formula is C19H15Cl2NO2S. The van der Waals surface area contributed by atoms with Crippen molar-refractivity contribution >= 4 is 58.0 Å². The van der Waals surface area contributed by atoms with E-state index in [4.69, 9.17) is 23.2 Å². The number of thioether (sulfide) groups is 1. The highest BCUT2D eigenvalue weighted by Gasteiger charge is 2.40. The number of rotatable bonds is 4. The van der Waals surface area contributed by atoms with Crippen molar-refractivity contribution in [2.45, 2.75) is 13.8 Å². The number of amides is 2. The molecule has 0 bridgehead atoms. The summed E-state index contributed by atoms with van der Waals surface area (Å²) >= 11 is 13.6. The van der Waals surface area contributed by atoms with E-state index in [-0.39, 0.29) is 11.8 Å². The van der Waals surface area contributed by atoms with Crippen LogP contribution in [0.1, 0.15) is 18.1 Å². The second-order valence-electron chi connectivity index (χ2n) is 5.55. The third kappa shape index (κ3) is 3.34. The van der Waals surface area contributed by atoms with E-state index in [1.165, 1.54) is 16.7 Å². The van der Waals surface area contributed by atoms with E-state index in [2.05, 4.69) is 0 Å². The largest absolute Gasteiger partial charge is 0.272 e. The number of hydrogen-bond acceptors (Lipinski definition) is 3. The standard InChI is InChI=1S/C19H15Cl2NO2S/c1-3-25-17-16(14-8-7-12(20)10-15(14)21)18(23)22(19(17)24)13-6-4-5-11(2)9-13/h4-10H,3H2,1-2H3. The van der Waals surface area contributed by atoms with E-state index in [0.29, 0.717) is 37.5 Å². The molecule has 2 aromatic carbocycles. The molecule has 1 aliphatic heterocycles. The van der Waals surface area contributed by atoms with Gasteiger partial charge >= 0.3 is 0 Å². The number of benzene rings is 2. The Hall–Kier alpha value is -1.75. The SMILES string of the molecule is CCSC1=C(c2ccc(Cl)cc2Cl)C(=O)N(c2cccc(C)c2)C1=O. The van der Waals surface area contributed by atoms with E-state index in [1.54, 1.807) is 24.3 Å². The molecule has 0 fully saturated rings. The smallest absolute Gasteiger partial charge is 0.268 e. The zero-order valence-corrected chi connectivity index (χ0v) is 16.0. The van der Waals surface area contributed by atoms with Crippen LogP contribution in [0, 0.1) is 6.92 Å². The van der Waals surface area contributed by atoms with E-state index in [0.717, 1.165) is 5.56 Å². The van der Waals surface area contributed by atoms with E-state index in [1.807, 2.05) is 32.0 Å². The number of halogens is 2. The minimum Gasteiger partial charge on any atom is -0.268 e. The predicted octanol–water partition coefficient (Wildman–Crippen LogP) is 5.34. The molecule has 0 spiro atoms. The van der Waals surface area contributed by atoms with Crippen LogP contribution in [0.15, 0.2) is 47.4 Å². The van der Waals surface area contributed by atoms with Crippen LogP contribution >= 0.6 is 35.0 Å². The summed E-state index contributed by atoms with van der Waals surface area (Å²) < 4.78 is 0. The van der Waals surface area contributed by atoms with E-state index in [9.17, 15) is 9.59 Å². The van der Waals surface area contributed by atoms with E-state index < -0.39 is 0 Å². The number of imide groups is 1. The lowest BCUT2D eigenvalue weighted by Crippen LogP contribution is -2.31. The van der Waals surface area contributed by atoms with Crippen molar-refractivity contribution in [2.24, 2.45) is 0 Å².